The number of pyridine rings is 1. The normalized spacial score (nSPS) is 10.6. The van der Waals surface area contributed by atoms with Crippen LogP contribution in [0.5, 0.6) is 0 Å². The molecule has 0 bridgehead atoms. The third kappa shape index (κ3) is 3.05. The molecule has 0 aliphatic heterocycles. The van der Waals surface area contributed by atoms with Crippen LogP contribution in [0.4, 0.5) is 5.82 Å². The lowest BCUT2D eigenvalue weighted by molar-refractivity contribution is 0.384. The molecule has 3 aromatic rings. The van der Waals surface area contributed by atoms with E-state index in [1.165, 1.54) is 0 Å². The van der Waals surface area contributed by atoms with Crippen molar-refractivity contribution in [3.05, 3.63) is 54.2 Å². The Labute approximate surface area is 122 Å². The minimum absolute atomic E-state index is 0.579. The van der Waals surface area contributed by atoms with Gasteiger partial charge in [0.2, 0.25) is 0 Å². The molecule has 0 aliphatic rings. The molecule has 0 aliphatic carbocycles. The summed E-state index contributed by atoms with van der Waals surface area (Å²) >= 11 is 0. The molecule has 0 unspecified atom stereocenters. The van der Waals surface area contributed by atoms with Crippen LogP contribution in [0.2, 0.25) is 0 Å². The summed E-state index contributed by atoms with van der Waals surface area (Å²) in [5.41, 5.74) is 2.68. The first-order valence-corrected chi connectivity index (χ1v) is 6.60. The molecule has 3 heterocycles. The first-order valence-electron chi connectivity index (χ1n) is 6.60. The molecule has 0 atom stereocenters. The lowest BCUT2D eigenvalue weighted by atomic mass is 10.2. The van der Waals surface area contributed by atoms with Gasteiger partial charge in [-0.3, -0.25) is 4.98 Å². The second-order valence-electron chi connectivity index (χ2n) is 4.80. The zero-order chi connectivity index (χ0) is 14.7. The number of rotatable bonds is 4. The number of hydrogen-bond donors (Lipinski definition) is 0. The molecule has 0 saturated carbocycles. The van der Waals surface area contributed by atoms with Crippen molar-refractivity contribution in [3.63, 3.8) is 0 Å². The largest absolute Gasteiger partial charge is 0.359 e. The molecule has 0 N–H and O–H groups in total. The zero-order valence-electron chi connectivity index (χ0n) is 11.9. The first-order chi connectivity index (χ1) is 10.2. The average molecular weight is 281 g/mol. The van der Waals surface area contributed by atoms with Crippen LogP contribution in [0, 0.1) is 6.92 Å². The molecule has 0 fully saturated rings. The lowest BCUT2D eigenvalue weighted by Crippen LogP contribution is -2.17. The molecule has 6 heteroatoms. The van der Waals surface area contributed by atoms with Gasteiger partial charge < -0.3 is 9.42 Å². The van der Waals surface area contributed by atoms with Gasteiger partial charge in [0, 0.05) is 31.1 Å². The Bertz CT molecular complexity index is 708. The van der Waals surface area contributed by atoms with Crippen LogP contribution < -0.4 is 4.90 Å². The maximum absolute atomic E-state index is 5.37. The second kappa shape index (κ2) is 5.70. The lowest BCUT2D eigenvalue weighted by Gasteiger charge is -2.15. The summed E-state index contributed by atoms with van der Waals surface area (Å²) in [6, 6.07) is 9.59. The highest BCUT2D eigenvalue weighted by atomic mass is 16.5. The minimum Gasteiger partial charge on any atom is -0.359 e. The Morgan fingerprint density at radius 2 is 1.90 bits per heavy atom. The van der Waals surface area contributed by atoms with E-state index in [1.807, 2.05) is 49.2 Å². The smallest absolute Gasteiger partial charge is 0.156 e. The Hall–Kier alpha value is -2.76. The molecule has 0 saturated heterocycles. The van der Waals surface area contributed by atoms with Crippen LogP contribution in [0.3, 0.4) is 0 Å². The predicted molar refractivity (Wildman–Crippen MR) is 78.6 cm³/mol. The van der Waals surface area contributed by atoms with E-state index >= 15 is 0 Å². The Morgan fingerprint density at radius 1 is 1.10 bits per heavy atom. The van der Waals surface area contributed by atoms with Crippen molar-refractivity contribution in [2.24, 2.45) is 0 Å². The summed E-state index contributed by atoms with van der Waals surface area (Å²) in [6.45, 7) is 2.49. The number of hydrogen-bond acceptors (Lipinski definition) is 6. The van der Waals surface area contributed by atoms with Gasteiger partial charge in [-0.1, -0.05) is 5.16 Å². The Balaban J connectivity index is 1.74. The number of aromatic nitrogens is 4. The van der Waals surface area contributed by atoms with Crippen LogP contribution in [-0.4, -0.2) is 27.4 Å². The van der Waals surface area contributed by atoms with Crippen molar-refractivity contribution >= 4 is 5.82 Å². The molecule has 3 aromatic heterocycles. The molecule has 6 nitrogen and oxygen atoms in total. The third-order valence-electron chi connectivity index (χ3n) is 3.10. The topological polar surface area (TPSA) is 67.9 Å². The maximum Gasteiger partial charge on any atom is 0.156 e. The molecule has 21 heavy (non-hydrogen) atoms. The standard InChI is InChI=1S/C15H15N5O/c1-11-3-4-15(18-17-11)20(2)10-13-9-14(19-21-13)12-5-7-16-8-6-12/h3-9H,10H2,1-2H3. The summed E-state index contributed by atoms with van der Waals surface area (Å²) in [7, 11) is 1.94. The van der Waals surface area contributed by atoms with E-state index in [4.69, 9.17) is 4.52 Å². The van der Waals surface area contributed by atoms with Gasteiger partial charge >= 0.3 is 0 Å². The van der Waals surface area contributed by atoms with E-state index in [0.717, 1.165) is 28.5 Å². The zero-order valence-corrected chi connectivity index (χ0v) is 11.9. The van der Waals surface area contributed by atoms with Crippen molar-refractivity contribution < 1.29 is 4.52 Å². The minimum atomic E-state index is 0.579. The fraction of sp³-hybridized carbons (Fsp3) is 0.200. The highest BCUT2D eigenvalue weighted by Gasteiger charge is 2.10. The van der Waals surface area contributed by atoms with E-state index in [0.29, 0.717) is 6.54 Å². The van der Waals surface area contributed by atoms with E-state index < -0.39 is 0 Å². The van der Waals surface area contributed by atoms with Gasteiger partial charge in [-0.2, -0.15) is 5.10 Å². The van der Waals surface area contributed by atoms with E-state index in [2.05, 4.69) is 20.3 Å². The molecule has 0 aromatic carbocycles. The Morgan fingerprint density at radius 3 is 2.62 bits per heavy atom. The van der Waals surface area contributed by atoms with Gasteiger partial charge in [0.25, 0.3) is 0 Å². The monoisotopic (exact) mass is 281 g/mol. The summed E-state index contributed by atoms with van der Waals surface area (Å²) in [4.78, 5) is 5.95. The van der Waals surface area contributed by atoms with E-state index in [1.54, 1.807) is 12.4 Å². The predicted octanol–water partition coefficient (Wildman–Crippen LogP) is 2.47. The quantitative estimate of drug-likeness (QED) is 0.731. The van der Waals surface area contributed by atoms with Crippen LogP contribution >= 0.6 is 0 Å². The van der Waals surface area contributed by atoms with Gasteiger partial charge in [-0.05, 0) is 31.2 Å². The summed E-state index contributed by atoms with van der Waals surface area (Å²) in [5.74, 6) is 1.56. The summed E-state index contributed by atoms with van der Waals surface area (Å²) < 4.78 is 5.37. The van der Waals surface area contributed by atoms with Crippen molar-refractivity contribution in [3.8, 4) is 11.3 Å². The third-order valence-corrected chi connectivity index (χ3v) is 3.10. The average Bonchev–Trinajstić information content (AvgIpc) is 2.97. The van der Waals surface area contributed by atoms with Crippen LogP contribution in [0.15, 0.2) is 47.2 Å². The van der Waals surface area contributed by atoms with Crippen LogP contribution in [0.1, 0.15) is 11.5 Å². The summed E-state index contributed by atoms with van der Waals surface area (Å²) in [6.07, 6.45) is 3.47. The molecule has 106 valence electrons. The number of anilines is 1. The second-order valence-corrected chi connectivity index (χ2v) is 4.80. The number of nitrogens with zero attached hydrogens (tertiary/aromatic N) is 5. The van der Waals surface area contributed by atoms with Crippen molar-refractivity contribution in [1.82, 2.24) is 20.3 Å². The van der Waals surface area contributed by atoms with E-state index in [-0.39, 0.29) is 0 Å². The van der Waals surface area contributed by atoms with Crippen molar-refractivity contribution in [2.75, 3.05) is 11.9 Å². The van der Waals surface area contributed by atoms with E-state index in [9.17, 15) is 0 Å². The van der Waals surface area contributed by atoms with Crippen molar-refractivity contribution in [2.45, 2.75) is 13.5 Å². The SMILES string of the molecule is Cc1ccc(N(C)Cc2cc(-c3ccncc3)no2)nn1. The molecule has 0 radical (unpaired) electrons. The molecule has 0 spiro atoms. The van der Waals surface area contributed by atoms with Crippen LogP contribution in [-0.2, 0) is 6.54 Å². The molecule has 3 rings (SSSR count). The number of aryl methyl sites for hydroxylation is 1. The maximum atomic E-state index is 5.37. The summed E-state index contributed by atoms with van der Waals surface area (Å²) in [5, 5.41) is 12.3. The highest BCUT2D eigenvalue weighted by molar-refractivity contribution is 5.57. The van der Waals surface area contributed by atoms with Gasteiger partial charge in [-0.15, -0.1) is 5.10 Å². The van der Waals surface area contributed by atoms with Gasteiger partial charge in [0.1, 0.15) is 5.69 Å². The Kier molecular flexibility index (Phi) is 3.59. The fourth-order valence-corrected chi connectivity index (χ4v) is 1.96. The van der Waals surface area contributed by atoms with Crippen molar-refractivity contribution in [1.29, 1.82) is 0 Å². The van der Waals surface area contributed by atoms with Gasteiger partial charge in [-0.25, -0.2) is 0 Å². The van der Waals surface area contributed by atoms with Crippen LogP contribution in [0.25, 0.3) is 11.3 Å². The molecular weight excluding hydrogens is 266 g/mol. The molecule has 0 amide bonds. The molecular formula is C15H15N5O. The van der Waals surface area contributed by atoms with Gasteiger partial charge in [0.05, 0.1) is 12.2 Å². The fourth-order valence-electron chi connectivity index (χ4n) is 1.96. The van der Waals surface area contributed by atoms with Gasteiger partial charge in [0.15, 0.2) is 11.6 Å². The first kappa shape index (κ1) is 13.2. The highest BCUT2D eigenvalue weighted by Crippen LogP contribution is 2.19.